The molecular weight excluding hydrogens is 323 g/mol. The van der Waals surface area contributed by atoms with Crippen molar-refractivity contribution in [1.82, 2.24) is 10.2 Å². The van der Waals surface area contributed by atoms with Crippen LogP contribution in [0.2, 0.25) is 0 Å². The number of halogens is 1. The molecular formula is C18H17FN4O2. The molecule has 25 heavy (non-hydrogen) atoms. The molecule has 1 amide bonds. The molecule has 1 heterocycles. The first-order chi connectivity index (χ1) is 12.2. The molecule has 0 aliphatic rings. The van der Waals surface area contributed by atoms with Crippen LogP contribution in [0.1, 0.15) is 5.56 Å². The number of nitrogens with zero attached hydrogens (tertiary/aromatic N) is 1. The molecule has 7 heteroatoms. The lowest BCUT2D eigenvalue weighted by Gasteiger charge is -2.10. The summed E-state index contributed by atoms with van der Waals surface area (Å²) in [6.45, 7) is 0.446. The maximum Gasteiger partial charge on any atom is 0.411 e. The molecule has 0 aliphatic carbocycles. The summed E-state index contributed by atoms with van der Waals surface area (Å²) >= 11 is 0. The van der Waals surface area contributed by atoms with Crippen LogP contribution in [-0.4, -0.2) is 23.4 Å². The molecule has 0 unspecified atom stereocenters. The Hall–Kier alpha value is -3.35. The van der Waals surface area contributed by atoms with Crippen LogP contribution in [-0.2, 0) is 11.3 Å². The summed E-state index contributed by atoms with van der Waals surface area (Å²) in [5.74, 6) is -0.308. The topological polar surface area (TPSA) is 79.0 Å². The van der Waals surface area contributed by atoms with Gasteiger partial charge in [-0.05, 0) is 30.3 Å². The number of hydrogen-bond donors (Lipinski definition) is 3. The summed E-state index contributed by atoms with van der Waals surface area (Å²) in [6.07, 6.45) is 1.12. The second-order valence-electron chi connectivity index (χ2n) is 5.30. The van der Waals surface area contributed by atoms with Crippen LogP contribution in [0, 0.1) is 5.82 Å². The normalized spacial score (nSPS) is 10.3. The largest absolute Gasteiger partial charge is 0.453 e. The number of carbonyl (C=O) groups excluding carboxylic acids is 1. The predicted octanol–water partition coefficient (Wildman–Crippen LogP) is 4.01. The Morgan fingerprint density at radius 2 is 2.00 bits per heavy atom. The Morgan fingerprint density at radius 3 is 2.80 bits per heavy atom. The Kier molecular flexibility index (Phi) is 4.94. The summed E-state index contributed by atoms with van der Waals surface area (Å²) in [4.78, 5) is 11.3. The number of hydrogen-bond acceptors (Lipinski definition) is 4. The highest BCUT2D eigenvalue weighted by molar-refractivity contribution is 5.85. The van der Waals surface area contributed by atoms with Gasteiger partial charge in [-0.25, -0.2) is 9.18 Å². The maximum absolute atomic E-state index is 14.0. The van der Waals surface area contributed by atoms with Crippen molar-refractivity contribution in [3.05, 3.63) is 66.1 Å². The highest BCUT2D eigenvalue weighted by Crippen LogP contribution is 2.25. The van der Waals surface area contributed by atoms with Crippen molar-refractivity contribution in [3.8, 4) is 11.3 Å². The molecule has 2 aromatic carbocycles. The van der Waals surface area contributed by atoms with Gasteiger partial charge in [0.2, 0.25) is 0 Å². The van der Waals surface area contributed by atoms with E-state index in [0.717, 1.165) is 11.3 Å². The maximum atomic E-state index is 14.0. The standard InChI is InChI=1S/C18H17FN4O2/c1-25-18(24)22-14-6-4-5-13(9-14)20-10-12-11-21-23-17(12)15-7-2-3-8-16(15)19/h2-9,11,20H,10H2,1H3,(H,21,23)(H,22,24). The number of aromatic nitrogens is 2. The van der Waals surface area contributed by atoms with Gasteiger partial charge in [0.25, 0.3) is 0 Å². The van der Waals surface area contributed by atoms with Crippen LogP contribution in [0.3, 0.4) is 0 Å². The Bertz CT molecular complexity index is 879. The van der Waals surface area contributed by atoms with Crippen LogP contribution in [0.4, 0.5) is 20.6 Å². The van der Waals surface area contributed by atoms with Crippen LogP contribution in [0.25, 0.3) is 11.3 Å². The van der Waals surface area contributed by atoms with Gasteiger partial charge in [-0.3, -0.25) is 10.4 Å². The lowest BCUT2D eigenvalue weighted by Crippen LogP contribution is -2.11. The molecule has 0 saturated carbocycles. The van der Waals surface area contributed by atoms with E-state index >= 15 is 0 Å². The highest BCUT2D eigenvalue weighted by Gasteiger charge is 2.11. The molecule has 0 aliphatic heterocycles. The summed E-state index contributed by atoms with van der Waals surface area (Å²) in [6, 6.07) is 13.7. The number of aromatic amines is 1. The van der Waals surface area contributed by atoms with Crippen molar-refractivity contribution in [2.45, 2.75) is 6.54 Å². The van der Waals surface area contributed by atoms with Crippen molar-refractivity contribution in [2.75, 3.05) is 17.7 Å². The molecule has 0 bridgehead atoms. The smallest absolute Gasteiger partial charge is 0.411 e. The van der Waals surface area contributed by atoms with Crippen LogP contribution in [0.5, 0.6) is 0 Å². The van der Waals surface area contributed by atoms with E-state index < -0.39 is 6.09 Å². The van der Waals surface area contributed by atoms with Crippen molar-refractivity contribution in [1.29, 1.82) is 0 Å². The number of benzene rings is 2. The molecule has 128 valence electrons. The molecule has 0 atom stereocenters. The number of methoxy groups -OCH3 is 1. The fourth-order valence-corrected chi connectivity index (χ4v) is 2.42. The van der Waals surface area contributed by atoms with Crippen molar-refractivity contribution in [2.24, 2.45) is 0 Å². The zero-order valence-corrected chi connectivity index (χ0v) is 13.5. The van der Waals surface area contributed by atoms with Gasteiger partial charge in [-0.2, -0.15) is 5.10 Å². The summed E-state index contributed by atoms with van der Waals surface area (Å²) in [5.41, 5.74) is 3.34. The van der Waals surface area contributed by atoms with E-state index in [-0.39, 0.29) is 5.82 Å². The molecule has 0 spiro atoms. The minimum Gasteiger partial charge on any atom is -0.453 e. The van der Waals surface area contributed by atoms with E-state index in [1.54, 1.807) is 42.6 Å². The number of carbonyl (C=O) groups is 1. The summed E-state index contributed by atoms with van der Waals surface area (Å²) in [5, 5.41) is 12.7. The van der Waals surface area contributed by atoms with E-state index in [2.05, 4.69) is 25.6 Å². The van der Waals surface area contributed by atoms with Gasteiger partial charge in [0.15, 0.2) is 0 Å². The van der Waals surface area contributed by atoms with Gasteiger partial charge in [-0.15, -0.1) is 0 Å². The van der Waals surface area contributed by atoms with Crippen LogP contribution >= 0.6 is 0 Å². The first-order valence-electron chi connectivity index (χ1n) is 7.63. The molecule has 1 aromatic heterocycles. The number of ether oxygens (including phenoxy) is 1. The van der Waals surface area contributed by atoms with E-state index in [4.69, 9.17) is 0 Å². The lowest BCUT2D eigenvalue weighted by molar-refractivity contribution is 0.187. The van der Waals surface area contributed by atoms with Gasteiger partial charge in [0.1, 0.15) is 5.82 Å². The summed E-state index contributed by atoms with van der Waals surface area (Å²) in [7, 11) is 1.31. The van der Waals surface area contributed by atoms with Gasteiger partial charge in [0.05, 0.1) is 19.0 Å². The third-order valence-corrected chi connectivity index (χ3v) is 3.64. The third kappa shape index (κ3) is 3.95. The number of rotatable bonds is 5. The first kappa shape index (κ1) is 16.5. The second kappa shape index (κ2) is 7.48. The van der Waals surface area contributed by atoms with E-state index in [1.807, 2.05) is 6.07 Å². The minimum absolute atomic E-state index is 0.308. The zero-order valence-electron chi connectivity index (χ0n) is 13.5. The average Bonchev–Trinajstić information content (AvgIpc) is 3.09. The predicted molar refractivity (Wildman–Crippen MR) is 93.8 cm³/mol. The number of amides is 1. The van der Waals surface area contributed by atoms with Crippen molar-refractivity contribution >= 4 is 17.5 Å². The SMILES string of the molecule is COC(=O)Nc1cccc(NCc2cn[nH]c2-c2ccccc2F)c1. The summed E-state index contributed by atoms with van der Waals surface area (Å²) < 4.78 is 18.6. The molecule has 0 fully saturated rings. The quantitative estimate of drug-likeness (QED) is 0.656. The molecule has 0 saturated heterocycles. The van der Waals surface area contributed by atoms with E-state index in [1.165, 1.54) is 13.2 Å². The van der Waals surface area contributed by atoms with Crippen molar-refractivity contribution < 1.29 is 13.9 Å². The van der Waals surface area contributed by atoms with Gasteiger partial charge in [-0.1, -0.05) is 18.2 Å². The average molecular weight is 340 g/mol. The minimum atomic E-state index is -0.533. The van der Waals surface area contributed by atoms with Gasteiger partial charge >= 0.3 is 6.09 Å². The number of nitrogens with one attached hydrogen (secondary N) is 3. The number of H-pyrrole nitrogens is 1. The fourth-order valence-electron chi connectivity index (χ4n) is 2.42. The third-order valence-electron chi connectivity index (χ3n) is 3.64. The second-order valence-corrected chi connectivity index (χ2v) is 5.30. The molecule has 3 aromatic rings. The van der Waals surface area contributed by atoms with E-state index in [0.29, 0.717) is 23.5 Å². The van der Waals surface area contributed by atoms with Crippen LogP contribution in [0.15, 0.2) is 54.7 Å². The lowest BCUT2D eigenvalue weighted by atomic mass is 10.1. The first-order valence-corrected chi connectivity index (χ1v) is 7.63. The number of anilines is 2. The fraction of sp³-hybridized carbons (Fsp3) is 0.111. The van der Waals surface area contributed by atoms with Gasteiger partial charge < -0.3 is 10.1 Å². The molecule has 0 radical (unpaired) electrons. The molecule has 3 rings (SSSR count). The monoisotopic (exact) mass is 340 g/mol. The Morgan fingerprint density at radius 1 is 1.20 bits per heavy atom. The van der Waals surface area contributed by atoms with Gasteiger partial charge in [0, 0.05) is 29.0 Å². The Labute approximate surface area is 144 Å². The van der Waals surface area contributed by atoms with Crippen molar-refractivity contribution in [3.63, 3.8) is 0 Å². The molecule has 6 nitrogen and oxygen atoms in total. The van der Waals surface area contributed by atoms with E-state index in [9.17, 15) is 9.18 Å². The Balaban J connectivity index is 1.73. The molecule has 3 N–H and O–H groups in total. The highest BCUT2D eigenvalue weighted by atomic mass is 19.1. The zero-order chi connectivity index (χ0) is 17.6. The van der Waals surface area contributed by atoms with Crippen LogP contribution < -0.4 is 10.6 Å².